The van der Waals surface area contributed by atoms with E-state index in [1.807, 2.05) is 0 Å². The predicted octanol–water partition coefficient (Wildman–Crippen LogP) is -1.56. The first-order chi connectivity index (χ1) is 9.56. The van der Waals surface area contributed by atoms with E-state index < -0.39 is 24.1 Å². The normalized spacial score (nSPS) is 26.4. The van der Waals surface area contributed by atoms with Crippen molar-refractivity contribution in [3.63, 3.8) is 0 Å². The molecule has 1 saturated heterocycles. The number of aliphatic hydroxyl groups is 2. The van der Waals surface area contributed by atoms with E-state index in [9.17, 15) is 9.90 Å². The summed E-state index contributed by atoms with van der Waals surface area (Å²) in [6, 6.07) is 0. The Kier molecular flexibility index (Phi) is 4.50. The summed E-state index contributed by atoms with van der Waals surface area (Å²) in [7, 11) is 0. The number of ether oxygens (including phenoxy) is 1. The summed E-state index contributed by atoms with van der Waals surface area (Å²) in [4.78, 5) is 15.6. The zero-order valence-electron chi connectivity index (χ0n) is 10.8. The summed E-state index contributed by atoms with van der Waals surface area (Å²) in [6.07, 6.45) is 2.86. The van der Waals surface area contributed by atoms with E-state index in [1.54, 1.807) is 12.2 Å². The van der Waals surface area contributed by atoms with Crippen molar-refractivity contribution in [2.24, 2.45) is 5.73 Å². The van der Waals surface area contributed by atoms with Gasteiger partial charge in [0.25, 0.3) is 0 Å². The number of hydrogen-bond donors (Lipinski definition) is 4. The largest absolute Gasteiger partial charge is 0.394 e. The van der Waals surface area contributed by atoms with Crippen LogP contribution in [0.2, 0.25) is 0 Å². The van der Waals surface area contributed by atoms with Crippen LogP contribution >= 0.6 is 0 Å². The molecule has 0 aromatic carbocycles. The van der Waals surface area contributed by atoms with Gasteiger partial charge in [0, 0.05) is 24.7 Å². The molecule has 0 saturated carbocycles. The first-order valence-electron chi connectivity index (χ1n) is 6.26. The number of aromatic nitrogens is 2. The highest BCUT2D eigenvalue weighted by atomic mass is 16.5. The number of aliphatic hydroxyl groups excluding tert-OH is 2. The molecular formula is C12H18N4O4. The van der Waals surface area contributed by atoms with Crippen molar-refractivity contribution < 1.29 is 14.9 Å². The van der Waals surface area contributed by atoms with Crippen molar-refractivity contribution in [1.82, 2.24) is 9.55 Å². The molecule has 1 unspecified atom stereocenters. The van der Waals surface area contributed by atoms with E-state index >= 15 is 0 Å². The van der Waals surface area contributed by atoms with Crippen molar-refractivity contribution in [1.29, 1.82) is 0 Å². The molecule has 0 amide bonds. The lowest BCUT2D eigenvalue weighted by molar-refractivity contribution is -0.0458. The van der Waals surface area contributed by atoms with Crippen LogP contribution in [0.1, 0.15) is 18.2 Å². The van der Waals surface area contributed by atoms with E-state index in [1.165, 1.54) is 10.8 Å². The van der Waals surface area contributed by atoms with Crippen LogP contribution in [0.15, 0.2) is 17.1 Å². The Morgan fingerprint density at radius 1 is 1.60 bits per heavy atom. The van der Waals surface area contributed by atoms with Crippen molar-refractivity contribution in [3.8, 4) is 0 Å². The van der Waals surface area contributed by atoms with Crippen LogP contribution in [0.5, 0.6) is 0 Å². The molecule has 2 heterocycles. The highest BCUT2D eigenvalue weighted by molar-refractivity contribution is 5.59. The van der Waals surface area contributed by atoms with E-state index in [0.717, 1.165) is 0 Å². The third-order valence-electron chi connectivity index (χ3n) is 3.14. The lowest BCUT2D eigenvalue weighted by Crippen LogP contribution is -2.28. The smallest absolute Gasteiger partial charge is 0.351 e. The van der Waals surface area contributed by atoms with E-state index in [2.05, 4.69) is 4.98 Å². The monoisotopic (exact) mass is 282 g/mol. The zero-order valence-corrected chi connectivity index (χ0v) is 10.8. The molecule has 0 bridgehead atoms. The lowest BCUT2D eigenvalue weighted by atomic mass is 10.2. The third-order valence-corrected chi connectivity index (χ3v) is 3.14. The summed E-state index contributed by atoms with van der Waals surface area (Å²) < 4.78 is 6.68. The molecule has 8 heteroatoms. The van der Waals surface area contributed by atoms with E-state index in [0.29, 0.717) is 12.1 Å². The van der Waals surface area contributed by atoms with Gasteiger partial charge in [0.05, 0.1) is 12.7 Å². The van der Waals surface area contributed by atoms with Crippen LogP contribution < -0.4 is 17.2 Å². The van der Waals surface area contributed by atoms with Crippen LogP contribution in [0.3, 0.4) is 0 Å². The molecule has 110 valence electrons. The number of rotatable bonds is 4. The number of nitrogen functional groups attached to an aromatic ring is 1. The Hall–Kier alpha value is -1.74. The number of nitrogens with two attached hydrogens (primary N) is 2. The van der Waals surface area contributed by atoms with Gasteiger partial charge < -0.3 is 26.4 Å². The molecule has 1 aromatic rings. The molecule has 6 N–H and O–H groups in total. The Morgan fingerprint density at radius 2 is 2.35 bits per heavy atom. The fraction of sp³-hybridized carbons (Fsp3) is 0.500. The molecule has 20 heavy (non-hydrogen) atoms. The second kappa shape index (κ2) is 6.14. The standard InChI is InChI=1S/C12H18N4O4/c13-3-1-2-7-5-16(12(19)15-11(7)14)10-4-8(18)9(6-17)20-10/h1-2,5,8-10,17-18H,3-4,6,13H2,(H2,14,15,19)/b2-1+/t8?,9-,10-/m1/s1. The number of nitrogens with zero attached hydrogens (tertiary/aromatic N) is 2. The van der Waals surface area contributed by atoms with Crippen LogP contribution in [0.25, 0.3) is 6.08 Å². The van der Waals surface area contributed by atoms with Crippen molar-refractivity contribution in [3.05, 3.63) is 28.3 Å². The van der Waals surface area contributed by atoms with Gasteiger partial charge >= 0.3 is 5.69 Å². The van der Waals surface area contributed by atoms with Crippen molar-refractivity contribution in [2.75, 3.05) is 18.9 Å². The Morgan fingerprint density at radius 3 is 2.95 bits per heavy atom. The van der Waals surface area contributed by atoms with E-state index in [-0.39, 0.29) is 18.8 Å². The molecule has 3 atom stereocenters. The number of anilines is 1. The lowest BCUT2D eigenvalue weighted by Gasteiger charge is -2.15. The van der Waals surface area contributed by atoms with Gasteiger partial charge in [-0.05, 0) is 0 Å². The Bertz CT molecular complexity index is 557. The molecule has 0 spiro atoms. The molecule has 1 fully saturated rings. The topological polar surface area (TPSA) is 137 Å². The minimum Gasteiger partial charge on any atom is -0.394 e. The maximum absolute atomic E-state index is 11.9. The summed E-state index contributed by atoms with van der Waals surface area (Å²) in [5, 5.41) is 18.8. The van der Waals surface area contributed by atoms with E-state index in [4.69, 9.17) is 21.3 Å². The first-order valence-corrected chi connectivity index (χ1v) is 6.26. The second-order valence-corrected chi connectivity index (χ2v) is 4.52. The quantitative estimate of drug-likeness (QED) is 0.524. The number of hydrogen-bond acceptors (Lipinski definition) is 7. The minimum absolute atomic E-state index is 0.105. The fourth-order valence-electron chi connectivity index (χ4n) is 2.08. The zero-order chi connectivity index (χ0) is 14.7. The highest BCUT2D eigenvalue weighted by Crippen LogP contribution is 2.27. The van der Waals surface area contributed by atoms with Gasteiger partial charge in [-0.3, -0.25) is 4.57 Å². The summed E-state index contributed by atoms with van der Waals surface area (Å²) in [5.41, 5.74) is 11.0. The highest BCUT2D eigenvalue weighted by Gasteiger charge is 2.35. The van der Waals surface area contributed by atoms with Gasteiger partial charge in [0.2, 0.25) is 0 Å². The summed E-state index contributed by atoms with van der Waals surface area (Å²) in [6.45, 7) is 0.0263. The molecule has 0 radical (unpaired) electrons. The van der Waals surface area contributed by atoms with Gasteiger partial charge in [0.15, 0.2) is 0 Å². The maximum atomic E-state index is 11.9. The van der Waals surface area contributed by atoms with Gasteiger partial charge in [-0.1, -0.05) is 12.2 Å². The van der Waals surface area contributed by atoms with Gasteiger partial charge in [0.1, 0.15) is 18.1 Å². The Labute approximate surface area is 115 Å². The molecule has 1 aromatic heterocycles. The summed E-state index contributed by atoms with van der Waals surface area (Å²) in [5.74, 6) is 0.105. The molecule has 8 nitrogen and oxygen atoms in total. The van der Waals surface area contributed by atoms with Gasteiger partial charge in [-0.2, -0.15) is 4.98 Å². The van der Waals surface area contributed by atoms with Crippen molar-refractivity contribution >= 4 is 11.9 Å². The minimum atomic E-state index is -0.822. The van der Waals surface area contributed by atoms with Crippen LogP contribution in [0.4, 0.5) is 5.82 Å². The van der Waals surface area contributed by atoms with Crippen molar-refractivity contribution in [2.45, 2.75) is 24.9 Å². The first kappa shape index (κ1) is 14.7. The SMILES string of the molecule is NC/C=C/c1cn([C@H]2CC(O)[C@@H](CO)O2)c(=O)nc1N. The Balaban J connectivity index is 2.32. The predicted molar refractivity (Wildman–Crippen MR) is 72.6 cm³/mol. The van der Waals surface area contributed by atoms with Gasteiger partial charge in [-0.15, -0.1) is 0 Å². The molecule has 0 aliphatic carbocycles. The molecule has 1 aliphatic rings. The molecule has 1 aliphatic heterocycles. The molecular weight excluding hydrogens is 264 g/mol. The van der Waals surface area contributed by atoms with Gasteiger partial charge in [-0.25, -0.2) is 4.79 Å². The summed E-state index contributed by atoms with van der Waals surface area (Å²) >= 11 is 0. The maximum Gasteiger partial charge on any atom is 0.351 e. The average Bonchev–Trinajstić information content (AvgIpc) is 2.79. The van der Waals surface area contributed by atoms with Crippen LogP contribution in [-0.2, 0) is 4.74 Å². The second-order valence-electron chi connectivity index (χ2n) is 4.52. The van der Waals surface area contributed by atoms with Crippen LogP contribution in [0, 0.1) is 0 Å². The fourth-order valence-corrected chi connectivity index (χ4v) is 2.08. The average molecular weight is 282 g/mol. The van der Waals surface area contributed by atoms with Crippen LogP contribution in [-0.4, -0.2) is 45.1 Å². The molecule has 2 rings (SSSR count). The third kappa shape index (κ3) is 2.88.